The summed E-state index contributed by atoms with van der Waals surface area (Å²) in [5.41, 5.74) is 20.5. The van der Waals surface area contributed by atoms with Crippen molar-refractivity contribution in [3.05, 3.63) is 247 Å². The Balaban J connectivity index is 1.09. The summed E-state index contributed by atoms with van der Waals surface area (Å²) in [5, 5.41) is 4.43. The minimum Gasteiger partial charge on any atom is -0.455 e. The lowest BCUT2D eigenvalue weighted by Crippen LogP contribution is -2.28. The Morgan fingerprint density at radius 1 is 0.312 bits per heavy atom. The smallest absolute Gasteiger partial charge is 0.159 e. The van der Waals surface area contributed by atoms with E-state index in [4.69, 9.17) is 8.83 Å². The Hall–Kier alpha value is -8.40. The van der Waals surface area contributed by atoms with Crippen molar-refractivity contribution in [1.82, 2.24) is 0 Å². The molecule has 298 valence electrons. The lowest BCUT2D eigenvalue weighted by Gasteiger charge is -2.36. The molecule has 3 nitrogen and oxygen atoms in total. The Labute approximate surface area is 369 Å². The van der Waals surface area contributed by atoms with Crippen molar-refractivity contribution in [2.75, 3.05) is 4.90 Å². The minimum absolute atomic E-state index is 0.624. The van der Waals surface area contributed by atoms with Gasteiger partial charge in [-0.2, -0.15) is 0 Å². The molecule has 2 aliphatic rings. The van der Waals surface area contributed by atoms with E-state index >= 15 is 0 Å². The molecule has 2 aromatic heterocycles. The third-order valence-electron chi connectivity index (χ3n) is 13.9. The zero-order valence-corrected chi connectivity index (χ0v) is 34.6. The van der Waals surface area contributed by atoms with Gasteiger partial charge < -0.3 is 13.7 Å². The van der Waals surface area contributed by atoms with E-state index in [1.54, 1.807) is 0 Å². The van der Waals surface area contributed by atoms with Gasteiger partial charge in [0, 0.05) is 44.0 Å². The molecule has 2 heterocycles. The monoisotopic (exact) mass is 815 g/mol. The Morgan fingerprint density at radius 2 is 0.766 bits per heavy atom. The summed E-state index contributed by atoms with van der Waals surface area (Å²) in [6.45, 7) is 0. The van der Waals surface area contributed by atoms with Crippen LogP contribution in [0.3, 0.4) is 0 Å². The quantitative estimate of drug-likeness (QED) is 0.173. The molecule has 0 N–H and O–H groups in total. The van der Waals surface area contributed by atoms with Crippen molar-refractivity contribution in [2.45, 2.75) is 5.41 Å². The fourth-order valence-corrected chi connectivity index (χ4v) is 11.2. The maximum absolute atomic E-state index is 7.22. The van der Waals surface area contributed by atoms with Gasteiger partial charge in [0.25, 0.3) is 0 Å². The van der Waals surface area contributed by atoms with Crippen LogP contribution in [0.25, 0.3) is 88.4 Å². The molecule has 0 bridgehead atoms. The number of hydrogen-bond donors (Lipinski definition) is 0. The number of fused-ring (bicyclic) bond motifs is 16. The molecule has 0 fully saturated rings. The summed E-state index contributed by atoms with van der Waals surface area (Å²) in [7, 11) is 0. The maximum atomic E-state index is 7.22. The summed E-state index contributed by atoms with van der Waals surface area (Å²) in [6.07, 6.45) is 0. The first-order valence-corrected chi connectivity index (χ1v) is 22.0. The Morgan fingerprint density at radius 3 is 1.39 bits per heavy atom. The van der Waals surface area contributed by atoms with Crippen LogP contribution in [0.5, 0.6) is 0 Å². The van der Waals surface area contributed by atoms with E-state index in [0.717, 1.165) is 77.6 Å². The van der Waals surface area contributed by atoms with Crippen LogP contribution in [-0.4, -0.2) is 0 Å². The van der Waals surface area contributed by atoms with E-state index in [1.807, 2.05) is 12.1 Å². The van der Waals surface area contributed by atoms with Gasteiger partial charge in [-0.05, 0) is 98.1 Å². The zero-order chi connectivity index (χ0) is 41.9. The summed E-state index contributed by atoms with van der Waals surface area (Å²) in [4.78, 5) is 2.46. The van der Waals surface area contributed by atoms with E-state index in [9.17, 15) is 0 Å². The number of benzene rings is 10. The molecule has 14 rings (SSSR count). The second kappa shape index (κ2) is 13.3. The molecule has 3 heteroatoms. The topological polar surface area (TPSA) is 29.5 Å². The highest BCUT2D eigenvalue weighted by Crippen LogP contribution is 2.66. The number of anilines is 3. The molecule has 0 aliphatic heterocycles. The summed E-state index contributed by atoms with van der Waals surface area (Å²) in [5.74, 6) is 0. The number of hydrogen-bond acceptors (Lipinski definition) is 3. The summed E-state index contributed by atoms with van der Waals surface area (Å²) >= 11 is 0. The second-order valence-electron chi connectivity index (χ2n) is 17.1. The molecule has 0 saturated heterocycles. The first kappa shape index (κ1) is 35.2. The molecule has 0 amide bonds. The molecule has 0 unspecified atom stereocenters. The molecule has 64 heavy (non-hydrogen) atoms. The van der Waals surface area contributed by atoms with Crippen LogP contribution in [0.4, 0.5) is 17.1 Å². The first-order valence-electron chi connectivity index (χ1n) is 22.0. The second-order valence-corrected chi connectivity index (χ2v) is 17.1. The number of rotatable bonds is 5. The van der Waals surface area contributed by atoms with Crippen LogP contribution in [-0.2, 0) is 5.41 Å². The van der Waals surface area contributed by atoms with Crippen LogP contribution < -0.4 is 4.90 Å². The molecule has 0 atom stereocenters. The van der Waals surface area contributed by atoms with Gasteiger partial charge >= 0.3 is 0 Å². The van der Waals surface area contributed by atoms with Gasteiger partial charge in [-0.25, -0.2) is 0 Å². The van der Waals surface area contributed by atoms with E-state index < -0.39 is 5.41 Å². The normalized spacial score (nSPS) is 13.1. The van der Waals surface area contributed by atoms with Crippen molar-refractivity contribution in [2.24, 2.45) is 0 Å². The predicted molar refractivity (Wildman–Crippen MR) is 263 cm³/mol. The highest BCUT2D eigenvalue weighted by Gasteiger charge is 2.54. The Bertz CT molecular complexity index is 3790. The Kier molecular flexibility index (Phi) is 7.32. The van der Waals surface area contributed by atoms with E-state index in [2.05, 4.69) is 217 Å². The van der Waals surface area contributed by atoms with Gasteiger partial charge in [-0.1, -0.05) is 182 Å². The van der Waals surface area contributed by atoms with Crippen LogP contribution >= 0.6 is 0 Å². The van der Waals surface area contributed by atoms with Crippen molar-refractivity contribution >= 4 is 60.9 Å². The number of nitrogens with zero attached hydrogens (tertiary/aromatic N) is 1. The highest BCUT2D eigenvalue weighted by atomic mass is 16.3. The molecule has 12 aromatic rings. The van der Waals surface area contributed by atoms with E-state index in [1.165, 1.54) is 50.1 Å². The fraction of sp³-hybridized carbons (Fsp3) is 0.0164. The molecule has 1 spiro atoms. The number of furan rings is 2. The van der Waals surface area contributed by atoms with Crippen molar-refractivity contribution in [1.29, 1.82) is 0 Å². The minimum atomic E-state index is -0.624. The van der Waals surface area contributed by atoms with Gasteiger partial charge in [0.05, 0.1) is 11.1 Å². The van der Waals surface area contributed by atoms with Crippen molar-refractivity contribution in [3.63, 3.8) is 0 Å². The van der Waals surface area contributed by atoms with Gasteiger partial charge in [-0.15, -0.1) is 0 Å². The van der Waals surface area contributed by atoms with Crippen LogP contribution in [0.2, 0.25) is 0 Å². The molecule has 2 aliphatic carbocycles. The average Bonchev–Trinajstić information content (AvgIpc) is 4.10. The largest absolute Gasteiger partial charge is 0.455 e. The standard InChI is InChI=1S/C61H37NO2/c1-2-15-38(16-3-1)39-29-33-41(34-30-39)62(42-35-31-40(32-36-42)43-22-14-23-49-47-20-7-12-27-55(47)63-59(43)49)58-57-50(37-51-48-21-8-13-28-56(48)64-60(51)58)46-19-6-11-26-54(46)61(57)52-24-9-4-17-44(52)45-18-5-10-25-53(45)61/h1-37H. The van der Waals surface area contributed by atoms with Gasteiger partial charge in [0.1, 0.15) is 16.7 Å². The van der Waals surface area contributed by atoms with E-state index in [-0.39, 0.29) is 0 Å². The van der Waals surface area contributed by atoms with Gasteiger partial charge in [-0.3, -0.25) is 0 Å². The molecular weight excluding hydrogens is 779 g/mol. The van der Waals surface area contributed by atoms with Crippen LogP contribution in [0.15, 0.2) is 233 Å². The molecule has 10 aromatic carbocycles. The summed E-state index contributed by atoms with van der Waals surface area (Å²) < 4.78 is 13.8. The van der Waals surface area contributed by atoms with Crippen LogP contribution in [0.1, 0.15) is 22.3 Å². The van der Waals surface area contributed by atoms with Gasteiger partial charge in [0.15, 0.2) is 5.58 Å². The lowest BCUT2D eigenvalue weighted by atomic mass is 9.69. The van der Waals surface area contributed by atoms with E-state index in [0.29, 0.717) is 0 Å². The van der Waals surface area contributed by atoms with Crippen molar-refractivity contribution < 1.29 is 8.83 Å². The van der Waals surface area contributed by atoms with Gasteiger partial charge in [0.2, 0.25) is 0 Å². The lowest BCUT2D eigenvalue weighted by molar-refractivity contribution is 0.667. The van der Waals surface area contributed by atoms with Crippen molar-refractivity contribution in [3.8, 4) is 44.5 Å². The summed E-state index contributed by atoms with van der Waals surface area (Å²) in [6, 6.07) is 81.4. The predicted octanol–water partition coefficient (Wildman–Crippen LogP) is 16.6. The maximum Gasteiger partial charge on any atom is 0.159 e. The average molecular weight is 816 g/mol. The first-order chi connectivity index (χ1) is 31.8. The fourth-order valence-electron chi connectivity index (χ4n) is 11.2. The zero-order valence-electron chi connectivity index (χ0n) is 34.6. The third kappa shape index (κ3) is 4.76. The third-order valence-corrected chi connectivity index (χ3v) is 13.9. The molecular formula is C61H37NO2. The number of para-hydroxylation sites is 3. The van der Waals surface area contributed by atoms with Crippen LogP contribution in [0, 0.1) is 0 Å². The highest BCUT2D eigenvalue weighted by molar-refractivity contribution is 6.16. The SMILES string of the molecule is c1ccc(-c2ccc(N(c3ccc(-c4cccc5c4oc4ccccc45)cc3)c3c4c(cc5c3oc3ccccc35)-c3ccccc3C43c4ccccc4-c4ccccc43)cc2)cc1. The molecule has 0 saturated carbocycles. The molecule has 0 radical (unpaired) electrons.